The Morgan fingerprint density at radius 2 is 2.08 bits per heavy atom. The Bertz CT molecular complexity index is 644. The largest absolute Gasteiger partial charge is 0.481 e. The van der Waals surface area contributed by atoms with Gasteiger partial charge in [0.1, 0.15) is 6.61 Å². The Kier molecular flexibility index (Phi) is 6.60. The van der Waals surface area contributed by atoms with Crippen molar-refractivity contribution in [3.05, 3.63) is 29.3 Å². The molecule has 1 amide bonds. The summed E-state index contributed by atoms with van der Waals surface area (Å²) >= 11 is 0. The smallest absolute Gasteiger partial charge is 0.304 e. The minimum Gasteiger partial charge on any atom is -0.481 e. The van der Waals surface area contributed by atoms with Crippen molar-refractivity contribution in [3.63, 3.8) is 0 Å². The minimum absolute atomic E-state index is 0.0759. The number of amides is 1. The summed E-state index contributed by atoms with van der Waals surface area (Å²) in [5.41, 5.74) is 3.18. The molecular weight excluding hydrogens is 334 g/mol. The van der Waals surface area contributed by atoms with Crippen molar-refractivity contribution >= 4 is 17.6 Å². The summed E-state index contributed by atoms with van der Waals surface area (Å²) in [5, 5.41) is 15.0. The van der Waals surface area contributed by atoms with E-state index in [0.29, 0.717) is 6.54 Å². The first kappa shape index (κ1) is 18.8. The number of aliphatic carboxylic acids is 1. The molecule has 0 atom stereocenters. The Labute approximate surface area is 153 Å². The lowest BCUT2D eigenvalue weighted by Crippen LogP contribution is -2.34. The molecule has 3 N–H and O–H groups in total. The Balaban J connectivity index is 1.50. The van der Waals surface area contributed by atoms with Crippen molar-refractivity contribution in [2.24, 2.45) is 0 Å². The Morgan fingerprint density at radius 3 is 2.85 bits per heavy atom. The molecule has 0 bridgehead atoms. The predicted octanol–water partition coefficient (Wildman–Crippen LogP) is 1.23. The summed E-state index contributed by atoms with van der Waals surface area (Å²) < 4.78 is 5.69. The second kappa shape index (κ2) is 9.12. The summed E-state index contributed by atoms with van der Waals surface area (Å²) in [6.45, 7) is 4.10. The van der Waals surface area contributed by atoms with Crippen LogP contribution in [0.25, 0.3) is 0 Å². The highest BCUT2D eigenvalue weighted by atomic mass is 16.5. The van der Waals surface area contributed by atoms with Crippen LogP contribution in [0.5, 0.6) is 0 Å². The van der Waals surface area contributed by atoms with Crippen LogP contribution in [0, 0.1) is 0 Å². The average molecular weight is 361 g/mol. The number of rotatable bonds is 7. The maximum atomic E-state index is 12.1. The van der Waals surface area contributed by atoms with Crippen molar-refractivity contribution in [2.45, 2.75) is 38.3 Å². The molecule has 1 saturated heterocycles. The Morgan fingerprint density at radius 1 is 1.27 bits per heavy atom. The van der Waals surface area contributed by atoms with Crippen LogP contribution >= 0.6 is 0 Å². The van der Waals surface area contributed by atoms with Gasteiger partial charge >= 0.3 is 5.97 Å². The second-order valence-corrected chi connectivity index (χ2v) is 6.96. The number of benzene rings is 1. The number of ether oxygens (including phenoxy) is 1. The normalized spacial score (nSPS) is 18.3. The van der Waals surface area contributed by atoms with Gasteiger partial charge in [-0.05, 0) is 55.6 Å². The second-order valence-electron chi connectivity index (χ2n) is 6.96. The van der Waals surface area contributed by atoms with Gasteiger partial charge in [-0.3, -0.25) is 14.5 Å². The molecule has 7 nitrogen and oxygen atoms in total. The zero-order valence-electron chi connectivity index (χ0n) is 15.0. The van der Waals surface area contributed by atoms with Gasteiger partial charge in [0.15, 0.2) is 0 Å². The van der Waals surface area contributed by atoms with E-state index in [1.807, 2.05) is 18.2 Å². The zero-order valence-corrected chi connectivity index (χ0v) is 15.0. The molecule has 0 unspecified atom stereocenters. The van der Waals surface area contributed by atoms with E-state index < -0.39 is 5.97 Å². The van der Waals surface area contributed by atoms with Gasteiger partial charge in [-0.1, -0.05) is 6.07 Å². The third-order valence-electron chi connectivity index (χ3n) is 4.96. The predicted molar refractivity (Wildman–Crippen MR) is 98.1 cm³/mol. The lowest BCUT2D eigenvalue weighted by atomic mass is 9.99. The van der Waals surface area contributed by atoms with Crippen molar-refractivity contribution in [1.29, 1.82) is 0 Å². The molecule has 3 rings (SSSR count). The average Bonchev–Trinajstić information content (AvgIpc) is 2.65. The van der Waals surface area contributed by atoms with Gasteiger partial charge in [0.25, 0.3) is 0 Å². The van der Waals surface area contributed by atoms with Crippen LogP contribution in [0.1, 0.15) is 30.4 Å². The molecule has 0 spiro atoms. The molecule has 0 radical (unpaired) electrons. The van der Waals surface area contributed by atoms with E-state index in [1.54, 1.807) is 0 Å². The number of carboxylic acid groups (broad SMARTS) is 1. The highest BCUT2D eigenvalue weighted by Gasteiger charge is 2.18. The molecule has 1 aromatic rings. The molecular formula is C19H27N3O4. The maximum Gasteiger partial charge on any atom is 0.304 e. The van der Waals surface area contributed by atoms with Crippen LogP contribution in [0.3, 0.4) is 0 Å². The summed E-state index contributed by atoms with van der Waals surface area (Å²) in [5.74, 6) is -0.910. The highest BCUT2D eigenvalue weighted by Crippen LogP contribution is 2.23. The monoisotopic (exact) mass is 361 g/mol. The first-order valence-corrected chi connectivity index (χ1v) is 9.28. The number of nitrogens with one attached hydrogen (secondary N) is 2. The van der Waals surface area contributed by atoms with E-state index in [2.05, 4.69) is 15.5 Å². The molecule has 1 aromatic carbocycles. The van der Waals surface area contributed by atoms with Crippen LogP contribution in [-0.2, 0) is 27.3 Å². The van der Waals surface area contributed by atoms with Crippen LogP contribution in [0.2, 0.25) is 0 Å². The van der Waals surface area contributed by atoms with Crippen LogP contribution in [0.4, 0.5) is 5.69 Å². The van der Waals surface area contributed by atoms with E-state index in [1.165, 1.54) is 5.56 Å². The van der Waals surface area contributed by atoms with Gasteiger partial charge in [-0.25, -0.2) is 0 Å². The highest BCUT2D eigenvalue weighted by molar-refractivity contribution is 5.91. The van der Waals surface area contributed by atoms with E-state index in [-0.39, 0.29) is 25.0 Å². The molecule has 0 saturated carbocycles. The molecule has 2 aliphatic heterocycles. The number of fused-ring (bicyclic) bond motifs is 1. The zero-order chi connectivity index (χ0) is 18.4. The number of carboxylic acids is 1. The summed E-state index contributed by atoms with van der Waals surface area (Å²) in [6.07, 6.45) is 3.10. The third-order valence-corrected chi connectivity index (χ3v) is 4.96. The van der Waals surface area contributed by atoms with E-state index in [4.69, 9.17) is 9.84 Å². The third kappa shape index (κ3) is 5.52. The first-order valence-electron chi connectivity index (χ1n) is 9.28. The topological polar surface area (TPSA) is 90.9 Å². The van der Waals surface area contributed by atoms with Crippen molar-refractivity contribution in [3.8, 4) is 0 Å². The number of carbonyl (C=O) groups excluding carboxylic acids is 1. The van der Waals surface area contributed by atoms with Crippen molar-refractivity contribution in [1.82, 2.24) is 10.2 Å². The summed E-state index contributed by atoms with van der Waals surface area (Å²) in [4.78, 5) is 25.0. The van der Waals surface area contributed by atoms with Gasteiger partial charge in [-0.2, -0.15) is 0 Å². The molecule has 1 fully saturated rings. The van der Waals surface area contributed by atoms with Gasteiger partial charge in [0.05, 0.1) is 12.5 Å². The van der Waals surface area contributed by atoms with E-state index in [0.717, 1.165) is 56.7 Å². The number of anilines is 1. The maximum absolute atomic E-state index is 12.1. The molecule has 0 aromatic heterocycles. The fraction of sp³-hybridized carbons (Fsp3) is 0.579. The molecule has 142 valence electrons. The van der Waals surface area contributed by atoms with Crippen LogP contribution in [0.15, 0.2) is 18.2 Å². The SMILES string of the molecule is O=C(O)CCN1CCc2ccc(NC(=O)COC3CCNCC3)cc2C1. The molecule has 7 heteroatoms. The number of nitrogens with zero attached hydrogens (tertiary/aromatic N) is 1. The number of piperidine rings is 1. The standard InChI is InChI=1S/C19H27N3O4/c23-18(13-26-17-3-7-20-8-4-17)21-16-2-1-14-5-9-22(10-6-19(24)25)12-15(14)11-16/h1-2,11,17,20H,3-10,12-13H2,(H,21,23)(H,24,25). The van der Waals surface area contributed by atoms with Gasteiger partial charge in [0.2, 0.25) is 5.91 Å². The molecule has 0 aliphatic carbocycles. The lowest BCUT2D eigenvalue weighted by molar-refractivity contribution is -0.137. The van der Waals surface area contributed by atoms with Gasteiger partial charge in [0, 0.05) is 25.3 Å². The van der Waals surface area contributed by atoms with E-state index >= 15 is 0 Å². The summed E-state index contributed by atoms with van der Waals surface area (Å²) in [7, 11) is 0. The fourth-order valence-corrected chi connectivity index (χ4v) is 3.49. The molecule has 2 aliphatic rings. The van der Waals surface area contributed by atoms with Crippen molar-refractivity contribution < 1.29 is 19.4 Å². The molecule has 26 heavy (non-hydrogen) atoms. The van der Waals surface area contributed by atoms with Crippen molar-refractivity contribution in [2.75, 3.05) is 38.1 Å². The summed E-state index contributed by atoms with van der Waals surface area (Å²) in [6, 6.07) is 5.96. The van der Waals surface area contributed by atoms with Crippen LogP contribution < -0.4 is 10.6 Å². The van der Waals surface area contributed by atoms with Gasteiger partial charge in [-0.15, -0.1) is 0 Å². The molecule has 2 heterocycles. The van der Waals surface area contributed by atoms with Crippen LogP contribution in [-0.4, -0.2) is 60.8 Å². The van der Waals surface area contributed by atoms with Gasteiger partial charge < -0.3 is 20.5 Å². The fourth-order valence-electron chi connectivity index (χ4n) is 3.49. The Hall–Kier alpha value is -1.96. The number of hydrogen-bond donors (Lipinski definition) is 3. The number of carbonyl (C=O) groups is 2. The first-order chi connectivity index (χ1) is 12.6. The quantitative estimate of drug-likeness (QED) is 0.677. The number of hydrogen-bond acceptors (Lipinski definition) is 5. The van der Waals surface area contributed by atoms with E-state index in [9.17, 15) is 9.59 Å². The lowest BCUT2D eigenvalue weighted by Gasteiger charge is -2.28. The minimum atomic E-state index is -0.773.